The Morgan fingerprint density at radius 2 is 1.35 bits per heavy atom. The lowest BCUT2D eigenvalue weighted by Gasteiger charge is -2.40. The first kappa shape index (κ1) is 45.4. The van der Waals surface area contributed by atoms with Crippen LogP contribution in [-0.4, -0.2) is 143 Å². The number of amides is 1. The number of aliphatic hydroxyl groups is 6. The molecule has 0 aromatic carbocycles. The molecule has 3 rings (SSSR count). The number of phosphoric acid groups is 4. The van der Waals surface area contributed by atoms with E-state index in [0.29, 0.717) is 0 Å². The van der Waals surface area contributed by atoms with Gasteiger partial charge in [0.1, 0.15) is 42.7 Å². The highest BCUT2D eigenvalue weighted by Crippen LogP contribution is 2.57. The summed E-state index contributed by atoms with van der Waals surface area (Å²) < 4.78 is 62.7. The quantitative estimate of drug-likeness (QED) is 0.0978. The molecule has 1 amide bonds. The Hall–Kier alpha value is -1.65. The number of nitrogens with zero attached hydrogens (tertiary/aromatic N) is 1. The van der Waals surface area contributed by atoms with Crippen LogP contribution in [0.4, 0.5) is 0 Å². The van der Waals surface area contributed by atoms with E-state index < -0.39 is 117 Å². The molecule has 10 atom stereocenters. The lowest BCUT2D eigenvalue weighted by atomic mass is 9.97. The van der Waals surface area contributed by atoms with Crippen molar-refractivity contribution in [1.82, 2.24) is 14.9 Å². The van der Waals surface area contributed by atoms with Crippen LogP contribution < -0.4 is 16.6 Å². The van der Waals surface area contributed by atoms with Crippen molar-refractivity contribution in [2.75, 3.05) is 13.2 Å². The lowest BCUT2D eigenvalue weighted by Crippen LogP contribution is -2.63. The van der Waals surface area contributed by atoms with Crippen molar-refractivity contribution in [3.63, 3.8) is 0 Å². The molecule has 28 nitrogen and oxygen atoms in total. The molecular formula is C17H33N3O25P4. The molecule has 3 heterocycles. The number of aliphatic hydroxyl groups excluding tert-OH is 6. The van der Waals surface area contributed by atoms with E-state index >= 15 is 0 Å². The highest BCUT2D eigenvalue weighted by atomic mass is 31.3. The van der Waals surface area contributed by atoms with Crippen molar-refractivity contribution in [1.29, 1.82) is 0 Å². The summed E-state index contributed by atoms with van der Waals surface area (Å²) in [5.74, 6) is -0.462. The third kappa shape index (κ3) is 16.1. The Morgan fingerprint density at radius 1 is 0.837 bits per heavy atom. The van der Waals surface area contributed by atoms with Gasteiger partial charge in [0, 0.05) is 19.2 Å². The first-order valence-electron chi connectivity index (χ1n) is 12.5. The molecule has 1 aromatic rings. The number of phosphoric ester groups is 1. The maximum absolute atomic E-state index is 11.7. The predicted molar refractivity (Wildman–Crippen MR) is 149 cm³/mol. The predicted octanol–water partition coefficient (Wildman–Crippen LogP) is -6.51. The van der Waals surface area contributed by atoms with Crippen molar-refractivity contribution < 1.29 is 111 Å². The molecule has 0 bridgehead atoms. The van der Waals surface area contributed by atoms with Crippen LogP contribution in [0.3, 0.4) is 0 Å². The van der Waals surface area contributed by atoms with Gasteiger partial charge in [-0.2, -0.15) is 8.62 Å². The largest absolute Gasteiger partial charge is 0.481 e. The Bertz CT molecular complexity index is 1530. The molecular weight excluding hydrogens is 770 g/mol. The minimum absolute atomic E-state index is 0.462. The molecule has 286 valence electrons. The highest BCUT2D eigenvalue weighted by Gasteiger charge is 2.46. The number of carbonyl (C=O) groups excluding carboxylic acids is 1. The van der Waals surface area contributed by atoms with E-state index in [0.717, 1.165) is 16.8 Å². The van der Waals surface area contributed by atoms with Crippen LogP contribution >= 0.6 is 31.3 Å². The number of hydrogen-bond acceptors (Lipinski definition) is 18. The van der Waals surface area contributed by atoms with Gasteiger partial charge in [-0.25, -0.2) is 23.1 Å². The fraction of sp³-hybridized carbons (Fsp3) is 0.706. The fourth-order valence-corrected chi connectivity index (χ4v) is 6.38. The first-order valence-corrected chi connectivity index (χ1v) is 18.6. The second-order valence-electron chi connectivity index (χ2n) is 9.42. The molecule has 49 heavy (non-hydrogen) atoms. The summed E-state index contributed by atoms with van der Waals surface area (Å²) in [6, 6.07) is -0.135. The van der Waals surface area contributed by atoms with Gasteiger partial charge in [0.2, 0.25) is 5.91 Å². The molecule has 15 N–H and O–H groups in total. The summed E-state index contributed by atoms with van der Waals surface area (Å²) in [5.41, 5.74) is -1.65. The van der Waals surface area contributed by atoms with Gasteiger partial charge >= 0.3 is 37.0 Å². The summed E-state index contributed by atoms with van der Waals surface area (Å²) in [6.45, 7) is -0.216. The van der Waals surface area contributed by atoms with E-state index in [2.05, 4.69) is 18.5 Å². The van der Waals surface area contributed by atoms with Crippen molar-refractivity contribution in [3.05, 3.63) is 33.1 Å². The Labute approximate surface area is 271 Å². The van der Waals surface area contributed by atoms with E-state index in [1.165, 1.54) is 6.92 Å². The number of ether oxygens (including phenoxy) is 2. The summed E-state index contributed by atoms with van der Waals surface area (Å²) >= 11 is 0. The molecule has 2 aliphatic heterocycles. The van der Waals surface area contributed by atoms with E-state index in [4.69, 9.17) is 48.8 Å². The van der Waals surface area contributed by atoms with Gasteiger partial charge in [-0.05, 0) is 0 Å². The number of hydrogen-bond donors (Lipinski definition) is 15. The number of aromatic nitrogens is 2. The van der Waals surface area contributed by atoms with Crippen LogP contribution in [0.2, 0.25) is 0 Å². The molecule has 0 aliphatic carbocycles. The standard InChI is InChI=1S/C9H14N2O12P2.C8H15NO6.H4O7P2/c12-5-1-2-11(9(15)10-5)8-7(14)6(13)4(22-8)3-21-25(19,20)23-24(16,17)18;1-3(11)9-5-7(13)6(12)4(2-10)15-8(5)14;1-8(2,3)7-9(4,5)6/h1-2,4,6-8,13-14H,3H2,(H,19,20)(H,10,12,15)(H2,16,17,18);4-8,10,12-14H,2H2,1H3,(H,9,11);(H2,1,2,3)(H2,4,5,6)/t4-,6-,7-,8-;4-,5-,6+,7-,8?;/m11./s1. The molecule has 0 saturated carbocycles. The van der Waals surface area contributed by atoms with E-state index in [-0.39, 0.29) is 0 Å². The van der Waals surface area contributed by atoms with Gasteiger partial charge in [-0.1, -0.05) is 0 Å². The van der Waals surface area contributed by atoms with Gasteiger partial charge in [-0.3, -0.25) is 23.7 Å². The smallest absolute Gasteiger partial charge is 0.394 e. The second-order valence-corrected chi connectivity index (χ2v) is 14.9. The van der Waals surface area contributed by atoms with E-state index in [1.54, 1.807) is 0 Å². The molecule has 1 aromatic heterocycles. The van der Waals surface area contributed by atoms with E-state index in [1.807, 2.05) is 4.98 Å². The highest BCUT2D eigenvalue weighted by molar-refractivity contribution is 7.60. The Kier molecular flexibility index (Phi) is 16.9. The minimum atomic E-state index is -5.32. The zero-order chi connectivity index (χ0) is 38.3. The topological polar surface area (TPSA) is 461 Å². The molecule has 2 saturated heterocycles. The zero-order valence-electron chi connectivity index (χ0n) is 24.2. The number of aromatic amines is 1. The van der Waals surface area contributed by atoms with Crippen LogP contribution in [0.15, 0.2) is 21.9 Å². The molecule has 0 spiro atoms. The summed E-state index contributed by atoms with van der Waals surface area (Å²) in [6.07, 6.45) is -10.5. The van der Waals surface area contributed by atoms with Crippen LogP contribution in [0.5, 0.6) is 0 Å². The Balaban J connectivity index is 0.000000423. The van der Waals surface area contributed by atoms with Crippen LogP contribution in [0.1, 0.15) is 13.2 Å². The lowest BCUT2D eigenvalue weighted by molar-refractivity contribution is -0.253. The molecule has 32 heteroatoms. The molecule has 0 radical (unpaired) electrons. The van der Waals surface area contributed by atoms with E-state index in [9.17, 15) is 58.2 Å². The summed E-state index contributed by atoms with van der Waals surface area (Å²) in [5, 5.41) is 59.2. The SMILES string of the molecule is CC(=O)N[C@H]1C(O)O[C@H](CO)[C@H](O)[C@@H]1O.O=P(O)(O)OP(=O)(O)O.O=c1ccn([C@@H]2O[C@H](COP(=O)(O)OP(=O)(O)O)[C@@H](O)[C@H]2O)c(=O)[nH]1. The van der Waals surface area contributed by atoms with Crippen molar-refractivity contribution in [2.45, 2.75) is 62.1 Å². The number of H-pyrrole nitrogens is 1. The molecule has 2 fully saturated rings. The second kappa shape index (κ2) is 18.2. The third-order valence-electron chi connectivity index (χ3n) is 5.56. The van der Waals surface area contributed by atoms with Crippen molar-refractivity contribution in [2.24, 2.45) is 0 Å². The number of rotatable bonds is 10. The van der Waals surface area contributed by atoms with Gasteiger partial charge < -0.3 is 79.7 Å². The third-order valence-corrected chi connectivity index (χ3v) is 9.41. The van der Waals surface area contributed by atoms with Crippen LogP contribution in [0, 0.1) is 0 Å². The summed E-state index contributed by atoms with van der Waals surface area (Å²) in [7, 11) is -20.6. The number of nitrogens with one attached hydrogen (secondary N) is 2. The van der Waals surface area contributed by atoms with Gasteiger partial charge in [0.05, 0.1) is 13.2 Å². The van der Waals surface area contributed by atoms with Crippen molar-refractivity contribution >= 4 is 37.2 Å². The maximum atomic E-state index is 11.7. The monoisotopic (exact) mass is 803 g/mol. The van der Waals surface area contributed by atoms with Crippen LogP contribution in [0.25, 0.3) is 0 Å². The van der Waals surface area contributed by atoms with Gasteiger partial charge in [0.25, 0.3) is 5.56 Å². The summed E-state index contributed by atoms with van der Waals surface area (Å²) in [4.78, 5) is 92.4. The first-order chi connectivity index (χ1) is 22.1. The van der Waals surface area contributed by atoms with Crippen molar-refractivity contribution in [3.8, 4) is 0 Å². The zero-order valence-corrected chi connectivity index (χ0v) is 27.8. The maximum Gasteiger partial charge on any atom is 0.481 e. The average molecular weight is 803 g/mol. The minimum Gasteiger partial charge on any atom is -0.394 e. The molecule has 2 aliphatic rings. The van der Waals surface area contributed by atoms with Gasteiger partial charge in [-0.15, -0.1) is 0 Å². The Morgan fingerprint density at radius 3 is 1.78 bits per heavy atom. The molecule has 2 unspecified atom stereocenters. The average Bonchev–Trinajstić information content (AvgIpc) is 3.18. The van der Waals surface area contributed by atoms with Gasteiger partial charge in [0.15, 0.2) is 12.5 Å². The van der Waals surface area contributed by atoms with Crippen LogP contribution in [-0.2, 0) is 45.7 Å². The normalized spacial score (nSPS) is 30.2. The number of carbonyl (C=O) groups is 1. The fourth-order valence-electron chi connectivity index (χ4n) is 3.68.